The minimum absolute atomic E-state index is 0. The van der Waals surface area contributed by atoms with Gasteiger partial charge in [0.1, 0.15) is 0 Å². The zero-order valence-corrected chi connectivity index (χ0v) is 8.69. The van der Waals surface area contributed by atoms with Crippen LogP contribution in [0.15, 0.2) is 0 Å². The number of hydrogen-bond donors (Lipinski definition) is 1. The monoisotopic (exact) mass is 194 g/mol. The molecule has 12 heavy (non-hydrogen) atoms. The molecule has 0 heterocycles. The summed E-state index contributed by atoms with van der Waals surface area (Å²) < 4.78 is 0. The van der Waals surface area contributed by atoms with Crippen molar-refractivity contribution in [2.45, 2.75) is 46.0 Å². The number of aliphatic carboxylic acids is 1. The Balaban J connectivity index is 0. The lowest BCUT2D eigenvalue weighted by atomic mass is 10.0. The fraction of sp³-hybridized carbons (Fsp3) is 0.889. The predicted octanol–water partition coefficient (Wildman–Crippen LogP) is 3.10. The van der Waals surface area contributed by atoms with Gasteiger partial charge in [0.2, 0.25) is 0 Å². The third-order valence-electron chi connectivity index (χ3n) is 1.67. The highest BCUT2D eigenvalue weighted by Crippen LogP contribution is 2.08. The van der Waals surface area contributed by atoms with E-state index in [4.69, 9.17) is 5.11 Å². The summed E-state index contributed by atoms with van der Waals surface area (Å²) in [5, 5.41) is 8.32. The Labute approximate surface area is 80.8 Å². The van der Waals surface area contributed by atoms with Gasteiger partial charge in [0.25, 0.3) is 0 Å². The summed E-state index contributed by atoms with van der Waals surface area (Å²) in [5.74, 6) is 0.0781. The average Bonchev–Trinajstić information content (AvgIpc) is 1.85. The summed E-state index contributed by atoms with van der Waals surface area (Å²) in [5.41, 5.74) is 0. The van der Waals surface area contributed by atoms with Crippen LogP contribution in [0.4, 0.5) is 0 Å². The van der Waals surface area contributed by atoms with Crippen molar-refractivity contribution >= 4 is 18.4 Å². The summed E-state index contributed by atoms with van der Waals surface area (Å²) in [6.07, 6.45) is 4.62. The number of carbonyl (C=O) groups is 1. The Hall–Kier alpha value is -0.240. The van der Waals surface area contributed by atoms with Crippen molar-refractivity contribution < 1.29 is 9.90 Å². The molecule has 0 fully saturated rings. The van der Waals surface area contributed by atoms with Gasteiger partial charge in [0.15, 0.2) is 0 Å². The Bertz CT molecular complexity index is 113. The normalized spacial score (nSPS) is 9.58. The smallest absolute Gasteiger partial charge is 0.303 e. The number of rotatable bonds is 6. The lowest BCUT2D eigenvalue weighted by Gasteiger charge is -2.02. The molecule has 0 aromatic carbocycles. The summed E-state index contributed by atoms with van der Waals surface area (Å²) in [6.45, 7) is 4.38. The fourth-order valence-electron chi connectivity index (χ4n) is 1.01. The van der Waals surface area contributed by atoms with Gasteiger partial charge in [0, 0.05) is 6.42 Å². The molecule has 0 bridgehead atoms. The minimum Gasteiger partial charge on any atom is -0.481 e. The lowest BCUT2D eigenvalue weighted by Crippen LogP contribution is -1.94. The van der Waals surface area contributed by atoms with Crippen molar-refractivity contribution in [3.05, 3.63) is 0 Å². The third kappa shape index (κ3) is 12.4. The Morgan fingerprint density at radius 2 is 1.83 bits per heavy atom. The molecular formula is C9H19ClO2. The SMILES string of the molecule is CC(C)CCCCCC(=O)O.Cl. The van der Waals surface area contributed by atoms with Gasteiger partial charge >= 0.3 is 5.97 Å². The van der Waals surface area contributed by atoms with E-state index in [0.717, 1.165) is 18.8 Å². The molecule has 2 nitrogen and oxygen atoms in total. The van der Waals surface area contributed by atoms with Gasteiger partial charge < -0.3 is 5.11 Å². The van der Waals surface area contributed by atoms with Crippen LogP contribution < -0.4 is 0 Å². The molecule has 0 amide bonds. The summed E-state index contributed by atoms with van der Waals surface area (Å²) in [7, 11) is 0. The average molecular weight is 195 g/mol. The molecule has 1 N–H and O–H groups in total. The second kappa shape index (κ2) is 8.85. The maximum absolute atomic E-state index is 10.1. The second-order valence-electron chi connectivity index (χ2n) is 3.39. The Morgan fingerprint density at radius 3 is 2.25 bits per heavy atom. The number of carboxylic acid groups (broad SMARTS) is 1. The summed E-state index contributed by atoms with van der Waals surface area (Å²) >= 11 is 0. The maximum Gasteiger partial charge on any atom is 0.303 e. The van der Waals surface area contributed by atoms with E-state index in [1.165, 1.54) is 12.8 Å². The van der Waals surface area contributed by atoms with E-state index in [1.807, 2.05) is 0 Å². The predicted molar refractivity (Wildman–Crippen MR) is 52.8 cm³/mol. The number of unbranched alkanes of at least 4 members (excludes halogenated alkanes) is 2. The first-order valence-corrected chi connectivity index (χ1v) is 4.34. The van der Waals surface area contributed by atoms with Gasteiger partial charge in [-0.3, -0.25) is 4.79 Å². The summed E-state index contributed by atoms with van der Waals surface area (Å²) in [6, 6.07) is 0. The number of hydrogen-bond acceptors (Lipinski definition) is 1. The first-order chi connectivity index (χ1) is 5.13. The van der Waals surface area contributed by atoms with Gasteiger partial charge in [0.05, 0.1) is 0 Å². The zero-order valence-electron chi connectivity index (χ0n) is 7.88. The van der Waals surface area contributed by atoms with Gasteiger partial charge in [-0.1, -0.05) is 33.1 Å². The topological polar surface area (TPSA) is 37.3 Å². The molecule has 0 aliphatic rings. The second-order valence-corrected chi connectivity index (χ2v) is 3.39. The molecule has 0 unspecified atom stereocenters. The van der Waals surface area contributed by atoms with E-state index in [9.17, 15) is 4.79 Å². The van der Waals surface area contributed by atoms with Gasteiger partial charge in [-0.25, -0.2) is 0 Å². The Kier molecular flexibility index (Phi) is 10.5. The molecule has 3 heteroatoms. The molecule has 74 valence electrons. The molecule has 0 aromatic rings. The molecule has 0 aromatic heterocycles. The van der Waals surface area contributed by atoms with Crippen LogP contribution in [0, 0.1) is 5.92 Å². The van der Waals surface area contributed by atoms with Crippen LogP contribution in [-0.2, 0) is 4.79 Å². The van der Waals surface area contributed by atoms with Crippen LogP contribution in [0.1, 0.15) is 46.0 Å². The molecule has 0 saturated heterocycles. The van der Waals surface area contributed by atoms with Gasteiger partial charge in [-0.2, -0.15) is 0 Å². The maximum atomic E-state index is 10.1. The van der Waals surface area contributed by atoms with E-state index in [1.54, 1.807) is 0 Å². The highest BCUT2D eigenvalue weighted by Gasteiger charge is 1.97. The molecule has 0 saturated carbocycles. The van der Waals surface area contributed by atoms with Crippen LogP contribution >= 0.6 is 12.4 Å². The van der Waals surface area contributed by atoms with E-state index >= 15 is 0 Å². The zero-order chi connectivity index (χ0) is 8.69. The van der Waals surface area contributed by atoms with Crippen LogP contribution in [0.5, 0.6) is 0 Å². The van der Waals surface area contributed by atoms with E-state index in [-0.39, 0.29) is 12.4 Å². The van der Waals surface area contributed by atoms with E-state index in [2.05, 4.69) is 13.8 Å². The van der Waals surface area contributed by atoms with Crippen LogP contribution in [-0.4, -0.2) is 11.1 Å². The summed E-state index contributed by atoms with van der Waals surface area (Å²) in [4.78, 5) is 10.1. The molecule has 0 atom stereocenters. The van der Waals surface area contributed by atoms with Crippen molar-refractivity contribution in [1.82, 2.24) is 0 Å². The molecule has 0 radical (unpaired) electrons. The molecule has 0 rings (SSSR count). The van der Waals surface area contributed by atoms with Crippen molar-refractivity contribution in [3.8, 4) is 0 Å². The van der Waals surface area contributed by atoms with Gasteiger partial charge in [-0.05, 0) is 12.3 Å². The highest BCUT2D eigenvalue weighted by atomic mass is 35.5. The minimum atomic E-state index is -0.672. The molecule has 0 aliphatic heterocycles. The van der Waals surface area contributed by atoms with Crippen molar-refractivity contribution in [2.75, 3.05) is 0 Å². The quantitative estimate of drug-likeness (QED) is 0.660. The van der Waals surface area contributed by atoms with Crippen molar-refractivity contribution in [3.63, 3.8) is 0 Å². The lowest BCUT2D eigenvalue weighted by molar-refractivity contribution is -0.137. The van der Waals surface area contributed by atoms with E-state index < -0.39 is 5.97 Å². The molecule has 0 aliphatic carbocycles. The standard InChI is InChI=1S/C9H18O2.ClH/c1-8(2)6-4-3-5-7-9(10)11;/h8H,3-7H2,1-2H3,(H,10,11);1H. The van der Waals surface area contributed by atoms with Crippen molar-refractivity contribution in [1.29, 1.82) is 0 Å². The molecular weight excluding hydrogens is 176 g/mol. The van der Waals surface area contributed by atoms with Crippen LogP contribution in [0.2, 0.25) is 0 Å². The number of carboxylic acids is 1. The Morgan fingerprint density at radius 1 is 1.25 bits per heavy atom. The number of halogens is 1. The van der Waals surface area contributed by atoms with E-state index in [0.29, 0.717) is 6.42 Å². The largest absolute Gasteiger partial charge is 0.481 e. The fourth-order valence-corrected chi connectivity index (χ4v) is 1.01. The van der Waals surface area contributed by atoms with Gasteiger partial charge in [-0.15, -0.1) is 12.4 Å². The van der Waals surface area contributed by atoms with Crippen LogP contribution in [0.25, 0.3) is 0 Å². The molecule has 0 spiro atoms. The third-order valence-corrected chi connectivity index (χ3v) is 1.67. The van der Waals surface area contributed by atoms with Crippen LogP contribution in [0.3, 0.4) is 0 Å². The first kappa shape index (κ1) is 14.3. The first-order valence-electron chi connectivity index (χ1n) is 4.34. The highest BCUT2D eigenvalue weighted by molar-refractivity contribution is 5.85. The van der Waals surface area contributed by atoms with Crippen molar-refractivity contribution in [2.24, 2.45) is 5.92 Å².